The van der Waals surface area contributed by atoms with E-state index < -0.39 is 5.60 Å². The van der Waals surface area contributed by atoms with Gasteiger partial charge in [-0.05, 0) is 32.0 Å². The van der Waals surface area contributed by atoms with Crippen molar-refractivity contribution in [2.24, 2.45) is 0 Å². The molecule has 0 fully saturated rings. The number of hydrogen-bond donors (Lipinski definition) is 0. The molecule has 0 aliphatic carbocycles. The van der Waals surface area contributed by atoms with E-state index in [0.29, 0.717) is 5.75 Å². The standard InChI is InChI=1S/C12H11BrO3/c1-7(14)12(2)11(15)6-8-5-9(13)3-4-10(8)16-12/h3-5H,6H2,1-2H3. The molecule has 0 amide bonds. The molecule has 1 aliphatic heterocycles. The van der Waals surface area contributed by atoms with Crippen LogP contribution in [0.15, 0.2) is 22.7 Å². The summed E-state index contributed by atoms with van der Waals surface area (Å²) in [6, 6.07) is 5.44. The highest BCUT2D eigenvalue weighted by Gasteiger charge is 2.43. The molecule has 1 unspecified atom stereocenters. The Morgan fingerprint density at radius 3 is 2.81 bits per heavy atom. The minimum absolute atomic E-state index is 0.189. The molecule has 1 heterocycles. The Kier molecular flexibility index (Phi) is 2.62. The fourth-order valence-electron chi connectivity index (χ4n) is 1.67. The van der Waals surface area contributed by atoms with Crippen LogP contribution in [0, 0.1) is 0 Å². The van der Waals surface area contributed by atoms with Crippen LogP contribution in [-0.2, 0) is 16.0 Å². The second-order valence-electron chi connectivity index (χ2n) is 4.04. The van der Waals surface area contributed by atoms with Gasteiger partial charge in [-0.1, -0.05) is 15.9 Å². The number of carbonyl (C=O) groups excluding carboxylic acids is 2. The number of ketones is 2. The van der Waals surface area contributed by atoms with E-state index in [9.17, 15) is 9.59 Å². The van der Waals surface area contributed by atoms with Crippen molar-refractivity contribution in [1.29, 1.82) is 0 Å². The second-order valence-corrected chi connectivity index (χ2v) is 4.96. The Morgan fingerprint density at radius 1 is 1.50 bits per heavy atom. The Labute approximate surface area is 102 Å². The van der Waals surface area contributed by atoms with Gasteiger partial charge in [-0.2, -0.15) is 0 Å². The second kappa shape index (κ2) is 3.70. The summed E-state index contributed by atoms with van der Waals surface area (Å²) in [5.41, 5.74) is -0.501. The summed E-state index contributed by atoms with van der Waals surface area (Å²) in [5, 5.41) is 0. The van der Waals surface area contributed by atoms with E-state index in [1.165, 1.54) is 13.8 Å². The lowest BCUT2D eigenvalue weighted by Crippen LogP contribution is -2.51. The third-order valence-corrected chi connectivity index (χ3v) is 3.38. The maximum Gasteiger partial charge on any atom is 0.221 e. The summed E-state index contributed by atoms with van der Waals surface area (Å²) >= 11 is 3.33. The quantitative estimate of drug-likeness (QED) is 0.743. The van der Waals surface area contributed by atoms with Gasteiger partial charge >= 0.3 is 0 Å². The molecule has 84 valence electrons. The van der Waals surface area contributed by atoms with Crippen molar-refractivity contribution in [3.63, 3.8) is 0 Å². The molecule has 0 radical (unpaired) electrons. The van der Waals surface area contributed by atoms with E-state index in [2.05, 4.69) is 15.9 Å². The van der Waals surface area contributed by atoms with Crippen LogP contribution in [0.3, 0.4) is 0 Å². The van der Waals surface area contributed by atoms with Crippen molar-refractivity contribution in [2.45, 2.75) is 25.9 Å². The van der Waals surface area contributed by atoms with Crippen LogP contribution in [0.2, 0.25) is 0 Å². The monoisotopic (exact) mass is 282 g/mol. The minimum Gasteiger partial charge on any atom is -0.472 e. The molecule has 0 saturated heterocycles. The van der Waals surface area contributed by atoms with Gasteiger partial charge in [0.15, 0.2) is 11.6 Å². The van der Waals surface area contributed by atoms with E-state index >= 15 is 0 Å². The average molecular weight is 283 g/mol. The molecule has 1 aliphatic rings. The molecule has 0 aromatic heterocycles. The van der Waals surface area contributed by atoms with E-state index in [1.54, 1.807) is 6.07 Å². The Morgan fingerprint density at radius 2 is 2.19 bits per heavy atom. The number of benzene rings is 1. The maximum atomic E-state index is 11.9. The first-order valence-electron chi connectivity index (χ1n) is 4.95. The third kappa shape index (κ3) is 1.67. The number of Topliss-reactive ketones (excluding diaryl/α,β-unsaturated/α-hetero) is 2. The molecular weight excluding hydrogens is 272 g/mol. The summed E-state index contributed by atoms with van der Waals surface area (Å²) in [7, 11) is 0. The summed E-state index contributed by atoms with van der Waals surface area (Å²) < 4.78 is 6.43. The first kappa shape index (κ1) is 11.3. The largest absolute Gasteiger partial charge is 0.472 e. The zero-order chi connectivity index (χ0) is 11.9. The molecular formula is C12H11BrO3. The highest BCUT2D eigenvalue weighted by Crippen LogP contribution is 2.33. The number of halogens is 1. The fraction of sp³-hybridized carbons (Fsp3) is 0.333. The van der Waals surface area contributed by atoms with Crippen LogP contribution in [-0.4, -0.2) is 17.2 Å². The Balaban J connectivity index is 2.47. The van der Waals surface area contributed by atoms with Gasteiger partial charge < -0.3 is 4.74 Å². The molecule has 4 heteroatoms. The lowest BCUT2D eigenvalue weighted by molar-refractivity contribution is -0.145. The Hall–Kier alpha value is -1.16. The fourth-order valence-corrected chi connectivity index (χ4v) is 2.08. The molecule has 2 rings (SSSR count). The smallest absolute Gasteiger partial charge is 0.221 e. The summed E-state index contributed by atoms with van der Waals surface area (Å²) in [4.78, 5) is 23.3. The average Bonchev–Trinajstić information content (AvgIpc) is 2.20. The van der Waals surface area contributed by atoms with Crippen LogP contribution in [0.25, 0.3) is 0 Å². The number of ether oxygens (including phenoxy) is 1. The van der Waals surface area contributed by atoms with Crippen molar-refractivity contribution < 1.29 is 14.3 Å². The van der Waals surface area contributed by atoms with Gasteiger partial charge in [0, 0.05) is 16.5 Å². The molecule has 0 bridgehead atoms. The lowest BCUT2D eigenvalue weighted by Gasteiger charge is -2.32. The van der Waals surface area contributed by atoms with E-state index in [0.717, 1.165) is 10.0 Å². The van der Waals surface area contributed by atoms with Gasteiger partial charge in [-0.3, -0.25) is 9.59 Å². The number of carbonyl (C=O) groups is 2. The lowest BCUT2D eigenvalue weighted by atomic mass is 9.88. The van der Waals surface area contributed by atoms with Crippen molar-refractivity contribution in [3.05, 3.63) is 28.2 Å². The van der Waals surface area contributed by atoms with Crippen LogP contribution in [0.1, 0.15) is 19.4 Å². The summed E-state index contributed by atoms with van der Waals surface area (Å²) in [5.74, 6) is 0.164. The van der Waals surface area contributed by atoms with Crippen LogP contribution < -0.4 is 4.74 Å². The molecule has 0 spiro atoms. The molecule has 0 saturated carbocycles. The normalized spacial score (nSPS) is 23.6. The maximum absolute atomic E-state index is 11.9. The number of fused-ring (bicyclic) bond motifs is 1. The molecule has 1 atom stereocenters. The van der Waals surface area contributed by atoms with Crippen molar-refractivity contribution in [3.8, 4) is 5.75 Å². The third-order valence-electron chi connectivity index (χ3n) is 2.89. The number of rotatable bonds is 1. The van der Waals surface area contributed by atoms with Crippen LogP contribution in [0.4, 0.5) is 0 Å². The van der Waals surface area contributed by atoms with E-state index in [1.807, 2.05) is 12.1 Å². The van der Waals surface area contributed by atoms with Crippen molar-refractivity contribution >= 4 is 27.5 Å². The van der Waals surface area contributed by atoms with E-state index in [-0.39, 0.29) is 18.0 Å². The van der Waals surface area contributed by atoms with Gasteiger partial charge in [0.2, 0.25) is 5.60 Å². The zero-order valence-electron chi connectivity index (χ0n) is 9.04. The van der Waals surface area contributed by atoms with Crippen molar-refractivity contribution in [1.82, 2.24) is 0 Å². The Bertz CT molecular complexity index is 481. The highest BCUT2D eigenvalue weighted by molar-refractivity contribution is 9.10. The SMILES string of the molecule is CC(=O)C1(C)Oc2ccc(Br)cc2CC1=O. The van der Waals surface area contributed by atoms with Gasteiger partial charge in [0.25, 0.3) is 0 Å². The summed E-state index contributed by atoms with van der Waals surface area (Å²) in [6.45, 7) is 2.91. The van der Waals surface area contributed by atoms with Crippen LogP contribution in [0.5, 0.6) is 5.75 Å². The number of hydrogen-bond acceptors (Lipinski definition) is 3. The van der Waals surface area contributed by atoms with E-state index in [4.69, 9.17) is 4.74 Å². The predicted octanol–water partition coefficient (Wildman–Crippen LogP) is 2.30. The topological polar surface area (TPSA) is 43.4 Å². The highest BCUT2D eigenvalue weighted by atomic mass is 79.9. The zero-order valence-corrected chi connectivity index (χ0v) is 10.6. The molecule has 1 aromatic rings. The van der Waals surface area contributed by atoms with Gasteiger partial charge in [-0.25, -0.2) is 0 Å². The first-order chi connectivity index (χ1) is 7.43. The minimum atomic E-state index is -1.32. The predicted molar refractivity (Wildman–Crippen MR) is 62.6 cm³/mol. The summed E-state index contributed by atoms with van der Waals surface area (Å²) in [6.07, 6.45) is 0.241. The first-order valence-corrected chi connectivity index (χ1v) is 5.74. The van der Waals surface area contributed by atoms with Crippen molar-refractivity contribution in [2.75, 3.05) is 0 Å². The van der Waals surface area contributed by atoms with Gasteiger partial charge in [0.1, 0.15) is 5.75 Å². The molecule has 0 N–H and O–H groups in total. The van der Waals surface area contributed by atoms with Gasteiger partial charge in [-0.15, -0.1) is 0 Å². The van der Waals surface area contributed by atoms with Crippen LogP contribution >= 0.6 is 15.9 Å². The molecule has 16 heavy (non-hydrogen) atoms. The molecule has 1 aromatic carbocycles. The van der Waals surface area contributed by atoms with Gasteiger partial charge in [0.05, 0.1) is 0 Å². The molecule has 3 nitrogen and oxygen atoms in total.